The number of para-hydroxylation sites is 1. The molecule has 1 atom stereocenters. The molecule has 21 heavy (non-hydrogen) atoms. The van der Waals surface area contributed by atoms with Gasteiger partial charge in [0.15, 0.2) is 5.82 Å². The molecule has 3 heterocycles. The van der Waals surface area contributed by atoms with Crippen molar-refractivity contribution < 1.29 is 0 Å². The number of hydrogen-bond donors (Lipinski definition) is 1. The first-order valence-electron chi connectivity index (χ1n) is 7.09. The van der Waals surface area contributed by atoms with Crippen molar-refractivity contribution in [3.63, 3.8) is 0 Å². The van der Waals surface area contributed by atoms with Gasteiger partial charge in [-0.1, -0.05) is 50.3 Å². The lowest BCUT2D eigenvalue weighted by atomic mass is 9.96. The smallest absolute Gasteiger partial charge is 0.234 e. The molecule has 0 saturated heterocycles. The Morgan fingerprint density at radius 1 is 1.24 bits per heavy atom. The van der Waals surface area contributed by atoms with Gasteiger partial charge in [-0.25, -0.2) is 0 Å². The monoisotopic (exact) mass is 299 g/mol. The van der Waals surface area contributed by atoms with Crippen molar-refractivity contribution in [1.82, 2.24) is 19.8 Å². The maximum Gasteiger partial charge on any atom is 0.234 e. The molecule has 3 aromatic rings. The summed E-state index contributed by atoms with van der Waals surface area (Å²) in [7, 11) is 0. The van der Waals surface area contributed by atoms with Crippen LogP contribution in [0.25, 0.3) is 4.96 Å². The van der Waals surface area contributed by atoms with E-state index in [1.54, 1.807) is 11.3 Å². The molecule has 1 aliphatic rings. The zero-order valence-electron chi connectivity index (χ0n) is 12.3. The van der Waals surface area contributed by atoms with E-state index in [1.807, 2.05) is 4.52 Å². The third-order valence-corrected chi connectivity index (χ3v) is 4.82. The second kappa shape index (κ2) is 4.27. The van der Waals surface area contributed by atoms with Crippen LogP contribution < -0.4 is 5.32 Å². The van der Waals surface area contributed by atoms with Crippen molar-refractivity contribution in [2.45, 2.75) is 32.1 Å². The summed E-state index contributed by atoms with van der Waals surface area (Å²) in [5.41, 5.74) is 2.47. The van der Waals surface area contributed by atoms with Crippen molar-refractivity contribution in [3.8, 4) is 0 Å². The quantitative estimate of drug-likeness (QED) is 0.750. The van der Waals surface area contributed by atoms with Gasteiger partial charge in [-0.3, -0.25) is 0 Å². The summed E-state index contributed by atoms with van der Waals surface area (Å²) in [6.45, 7) is 7.30. The van der Waals surface area contributed by atoms with Gasteiger partial charge in [-0.15, -0.1) is 10.2 Å². The second-order valence-electron chi connectivity index (χ2n) is 6.43. The Kier molecular flexibility index (Phi) is 2.60. The third kappa shape index (κ3) is 1.93. The summed E-state index contributed by atoms with van der Waals surface area (Å²) < 4.78 is 1.90. The van der Waals surface area contributed by atoms with Gasteiger partial charge >= 0.3 is 0 Å². The Labute approximate surface area is 127 Å². The highest BCUT2D eigenvalue weighted by Gasteiger charge is 2.29. The molecule has 108 valence electrons. The molecule has 6 heteroatoms. The molecule has 1 aliphatic heterocycles. The molecule has 2 aromatic heterocycles. The van der Waals surface area contributed by atoms with E-state index < -0.39 is 0 Å². The van der Waals surface area contributed by atoms with Crippen molar-refractivity contribution in [2.24, 2.45) is 0 Å². The molecule has 0 spiro atoms. The zero-order chi connectivity index (χ0) is 14.6. The number of fused-ring (bicyclic) bond motifs is 2. The summed E-state index contributed by atoms with van der Waals surface area (Å²) in [5, 5.41) is 17.9. The highest BCUT2D eigenvalue weighted by atomic mass is 32.1. The lowest BCUT2D eigenvalue weighted by Crippen LogP contribution is -2.16. The van der Waals surface area contributed by atoms with Crippen LogP contribution in [0.4, 0.5) is 5.69 Å². The van der Waals surface area contributed by atoms with Crippen LogP contribution in [-0.4, -0.2) is 26.4 Å². The van der Waals surface area contributed by atoms with Gasteiger partial charge in [0.1, 0.15) is 5.01 Å². The summed E-state index contributed by atoms with van der Waals surface area (Å²) in [4.78, 5) is 0.874. The van der Waals surface area contributed by atoms with Gasteiger partial charge in [-0.2, -0.15) is 9.61 Å². The molecule has 0 amide bonds. The average molecular weight is 299 g/mol. The van der Waals surface area contributed by atoms with E-state index in [4.69, 9.17) is 5.10 Å². The van der Waals surface area contributed by atoms with E-state index in [9.17, 15) is 0 Å². The van der Waals surface area contributed by atoms with E-state index in [0.717, 1.165) is 22.3 Å². The topological polar surface area (TPSA) is 55.1 Å². The largest absolute Gasteiger partial charge is 0.384 e. The fraction of sp³-hybridized carbons (Fsp3) is 0.400. The van der Waals surface area contributed by atoms with Crippen LogP contribution in [0.1, 0.15) is 43.1 Å². The molecule has 4 rings (SSSR count). The zero-order valence-corrected chi connectivity index (χ0v) is 13.1. The molecule has 1 unspecified atom stereocenters. The molecule has 1 N–H and O–H groups in total. The number of benzene rings is 1. The van der Waals surface area contributed by atoms with E-state index >= 15 is 0 Å². The highest BCUT2D eigenvalue weighted by Crippen LogP contribution is 2.37. The number of nitrogens with zero attached hydrogens (tertiary/aromatic N) is 4. The first-order chi connectivity index (χ1) is 10.0. The minimum Gasteiger partial charge on any atom is -0.384 e. The van der Waals surface area contributed by atoms with Crippen molar-refractivity contribution >= 4 is 22.0 Å². The summed E-state index contributed by atoms with van der Waals surface area (Å²) in [6, 6.07) is 8.44. The molecular formula is C15H17N5S. The summed E-state index contributed by atoms with van der Waals surface area (Å²) >= 11 is 1.63. The van der Waals surface area contributed by atoms with Crippen molar-refractivity contribution in [2.75, 3.05) is 11.9 Å². The number of rotatable bonds is 1. The van der Waals surface area contributed by atoms with Crippen LogP contribution in [0.15, 0.2) is 24.3 Å². The van der Waals surface area contributed by atoms with Crippen LogP contribution in [-0.2, 0) is 5.41 Å². The number of aromatic nitrogens is 4. The van der Waals surface area contributed by atoms with E-state index in [-0.39, 0.29) is 5.41 Å². The Bertz CT molecular complexity index is 811. The van der Waals surface area contributed by atoms with Crippen LogP contribution >= 0.6 is 11.3 Å². The molecule has 5 nitrogen and oxygen atoms in total. The molecule has 0 saturated carbocycles. The van der Waals surface area contributed by atoms with Gasteiger partial charge < -0.3 is 5.32 Å². The third-order valence-electron chi connectivity index (χ3n) is 3.81. The molecule has 0 bridgehead atoms. The number of anilines is 1. The van der Waals surface area contributed by atoms with Crippen LogP contribution in [0.2, 0.25) is 0 Å². The fourth-order valence-electron chi connectivity index (χ4n) is 2.74. The predicted octanol–water partition coefficient (Wildman–Crippen LogP) is 3.04. The van der Waals surface area contributed by atoms with Gasteiger partial charge in [0.2, 0.25) is 4.96 Å². The number of hydrogen-bond acceptors (Lipinski definition) is 5. The Balaban J connectivity index is 1.81. The Hall–Kier alpha value is -1.95. The Morgan fingerprint density at radius 3 is 2.86 bits per heavy atom. The first-order valence-corrected chi connectivity index (χ1v) is 7.91. The summed E-state index contributed by atoms with van der Waals surface area (Å²) in [6.07, 6.45) is 0. The van der Waals surface area contributed by atoms with Gasteiger partial charge in [0.25, 0.3) is 0 Å². The van der Waals surface area contributed by atoms with Crippen molar-refractivity contribution in [1.29, 1.82) is 0 Å². The van der Waals surface area contributed by atoms with Crippen molar-refractivity contribution in [3.05, 3.63) is 40.7 Å². The highest BCUT2D eigenvalue weighted by molar-refractivity contribution is 7.16. The standard InChI is InChI=1S/C15H17N5S/c1-15(2,3)13-17-18-14-20(13)19-12(21-14)10-8-16-11-7-5-4-6-9(10)11/h4-7,10,16H,8H2,1-3H3. The van der Waals surface area contributed by atoms with E-state index in [0.29, 0.717) is 5.92 Å². The van der Waals surface area contributed by atoms with E-state index in [1.165, 1.54) is 11.3 Å². The fourth-order valence-corrected chi connectivity index (χ4v) is 3.70. The Morgan fingerprint density at radius 2 is 2.05 bits per heavy atom. The minimum absolute atomic E-state index is 0.0589. The first kappa shape index (κ1) is 12.8. The normalized spacial score (nSPS) is 18.0. The van der Waals surface area contributed by atoms with Crippen LogP contribution in [0.5, 0.6) is 0 Å². The molecular weight excluding hydrogens is 282 g/mol. The lowest BCUT2D eigenvalue weighted by molar-refractivity contribution is 0.526. The molecule has 0 radical (unpaired) electrons. The SMILES string of the molecule is CC(C)(C)c1nnc2sc(C3CNc4ccccc43)nn12. The van der Waals surface area contributed by atoms with Gasteiger partial charge in [-0.05, 0) is 11.6 Å². The lowest BCUT2D eigenvalue weighted by Gasteiger charge is -2.13. The maximum absolute atomic E-state index is 4.79. The average Bonchev–Trinajstić information content (AvgIpc) is 3.09. The van der Waals surface area contributed by atoms with Gasteiger partial charge in [0.05, 0.1) is 5.92 Å². The molecule has 0 aliphatic carbocycles. The molecule has 0 fully saturated rings. The van der Waals surface area contributed by atoms with E-state index in [2.05, 4.69) is 60.6 Å². The maximum atomic E-state index is 4.79. The summed E-state index contributed by atoms with van der Waals surface area (Å²) in [5.74, 6) is 1.22. The molecule has 1 aromatic carbocycles. The minimum atomic E-state index is -0.0589. The predicted molar refractivity (Wildman–Crippen MR) is 84.1 cm³/mol. The number of nitrogens with one attached hydrogen (secondary N) is 1. The second-order valence-corrected chi connectivity index (χ2v) is 7.42. The van der Waals surface area contributed by atoms with Gasteiger partial charge in [0, 0.05) is 17.6 Å². The van der Waals surface area contributed by atoms with Crippen LogP contribution in [0.3, 0.4) is 0 Å². The van der Waals surface area contributed by atoms with Crippen LogP contribution in [0, 0.1) is 0 Å².